The van der Waals surface area contributed by atoms with E-state index in [0.29, 0.717) is 6.42 Å². The van der Waals surface area contributed by atoms with Crippen LogP contribution in [0.25, 0.3) is 0 Å². The molecule has 1 unspecified atom stereocenters. The van der Waals surface area contributed by atoms with Crippen LogP contribution in [0.4, 0.5) is 0 Å². The van der Waals surface area contributed by atoms with Gasteiger partial charge in [0.05, 0.1) is 13.2 Å². The zero-order valence-electron chi connectivity index (χ0n) is 28.9. The molecular formula is C35H68NO8P. The van der Waals surface area contributed by atoms with E-state index in [-0.39, 0.29) is 38.6 Å². The number of esters is 2. The van der Waals surface area contributed by atoms with Crippen molar-refractivity contribution in [3.63, 3.8) is 0 Å². The molecule has 266 valence electrons. The van der Waals surface area contributed by atoms with Gasteiger partial charge in [0, 0.05) is 19.4 Å². The molecule has 0 amide bonds. The number of phosphoric ester groups is 1. The number of hydrogen-bond acceptors (Lipinski definition) is 8. The molecule has 3 N–H and O–H groups in total. The van der Waals surface area contributed by atoms with E-state index < -0.39 is 26.5 Å². The first-order chi connectivity index (χ1) is 21.8. The standard InChI is InChI=1S/C35H68NO8P/c1-3-5-7-9-11-12-13-14-15-16-17-18-19-20-22-24-26-28-35(38)44-33(32-43-45(39,40)42-30-29-36)31-41-34(37)27-25-23-21-10-8-6-4-2/h12-13,33H,3-11,14-32,36H2,1-2H3,(H,39,40)/b13-12+/t33-/m1/s1. The Morgan fingerprint density at radius 3 is 1.60 bits per heavy atom. The van der Waals surface area contributed by atoms with Gasteiger partial charge in [0.25, 0.3) is 0 Å². The van der Waals surface area contributed by atoms with Crippen LogP contribution >= 0.6 is 7.82 Å². The molecule has 0 heterocycles. The summed E-state index contributed by atoms with van der Waals surface area (Å²) in [4.78, 5) is 34.5. The Morgan fingerprint density at radius 2 is 1.09 bits per heavy atom. The van der Waals surface area contributed by atoms with Gasteiger partial charge in [-0.1, -0.05) is 129 Å². The normalized spacial score (nSPS) is 13.6. The van der Waals surface area contributed by atoms with Gasteiger partial charge in [-0.2, -0.15) is 0 Å². The van der Waals surface area contributed by atoms with Crippen LogP contribution in [0, 0.1) is 0 Å². The fourth-order valence-corrected chi connectivity index (χ4v) is 5.69. The van der Waals surface area contributed by atoms with Gasteiger partial charge < -0.3 is 20.1 Å². The van der Waals surface area contributed by atoms with Gasteiger partial charge in [-0.25, -0.2) is 4.57 Å². The van der Waals surface area contributed by atoms with Crippen molar-refractivity contribution in [1.29, 1.82) is 0 Å². The van der Waals surface area contributed by atoms with Crippen LogP contribution in [-0.4, -0.2) is 49.3 Å². The van der Waals surface area contributed by atoms with Gasteiger partial charge >= 0.3 is 19.8 Å². The van der Waals surface area contributed by atoms with Crippen molar-refractivity contribution >= 4 is 19.8 Å². The Labute approximate surface area is 275 Å². The Morgan fingerprint density at radius 1 is 0.644 bits per heavy atom. The van der Waals surface area contributed by atoms with Crippen LogP contribution in [0.3, 0.4) is 0 Å². The van der Waals surface area contributed by atoms with Crippen LogP contribution in [-0.2, 0) is 32.7 Å². The Kier molecular flexibility index (Phi) is 31.8. The summed E-state index contributed by atoms with van der Waals surface area (Å²) >= 11 is 0. The molecule has 0 bridgehead atoms. The summed E-state index contributed by atoms with van der Waals surface area (Å²) < 4.78 is 32.5. The predicted molar refractivity (Wildman–Crippen MR) is 183 cm³/mol. The molecule has 0 aliphatic heterocycles. The number of unbranched alkanes of at least 4 members (excludes halogenated alkanes) is 19. The first kappa shape index (κ1) is 43.8. The molecule has 0 rings (SSSR count). The smallest absolute Gasteiger partial charge is 0.462 e. The molecule has 9 nitrogen and oxygen atoms in total. The number of carbonyl (C=O) groups excluding carboxylic acids is 2. The first-order valence-electron chi connectivity index (χ1n) is 18.2. The average Bonchev–Trinajstić information content (AvgIpc) is 3.02. The van der Waals surface area contributed by atoms with E-state index in [9.17, 15) is 19.0 Å². The molecular weight excluding hydrogens is 593 g/mol. The van der Waals surface area contributed by atoms with Crippen molar-refractivity contribution in [3.8, 4) is 0 Å². The van der Waals surface area contributed by atoms with E-state index in [0.717, 1.165) is 38.5 Å². The van der Waals surface area contributed by atoms with Crippen LogP contribution in [0.5, 0.6) is 0 Å². The number of phosphoric acid groups is 1. The molecule has 0 radical (unpaired) electrons. The minimum absolute atomic E-state index is 0.0553. The van der Waals surface area contributed by atoms with Crippen LogP contribution < -0.4 is 5.73 Å². The van der Waals surface area contributed by atoms with Gasteiger partial charge in [0.2, 0.25) is 0 Å². The van der Waals surface area contributed by atoms with E-state index in [2.05, 4.69) is 26.0 Å². The van der Waals surface area contributed by atoms with Crippen LogP contribution in [0.1, 0.15) is 168 Å². The van der Waals surface area contributed by atoms with Crippen molar-refractivity contribution in [2.24, 2.45) is 5.73 Å². The minimum atomic E-state index is -4.36. The number of hydrogen-bond donors (Lipinski definition) is 2. The maximum atomic E-state index is 12.5. The largest absolute Gasteiger partial charge is 0.472 e. The molecule has 0 aromatic rings. The predicted octanol–water partition coefficient (Wildman–Crippen LogP) is 9.49. The van der Waals surface area contributed by atoms with Crippen molar-refractivity contribution in [2.45, 2.75) is 174 Å². The van der Waals surface area contributed by atoms with Crippen LogP contribution in [0.2, 0.25) is 0 Å². The monoisotopic (exact) mass is 661 g/mol. The maximum absolute atomic E-state index is 12.5. The third-order valence-electron chi connectivity index (χ3n) is 7.65. The molecule has 0 saturated heterocycles. The third kappa shape index (κ3) is 32.5. The number of allylic oxidation sites excluding steroid dienone is 2. The summed E-state index contributed by atoms with van der Waals surface area (Å²) in [5.74, 6) is -0.835. The maximum Gasteiger partial charge on any atom is 0.472 e. The quantitative estimate of drug-likeness (QED) is 0.0299. The Balaban J connectivity index is 4.15. The lowest BCUT2D eigenvalue weighted by Crippen LogP contribution is -2.29. The summed E-state index contributed by atoms with van der Waals surface area (Å²) in [5, 5.41) is 0. The highest BCUT2D eigenvalue weighted by atomic mass is 31.2. The molecule has 0 aliphatic rings. The lowest BCUT2D eigenvalue weighted by atomic mass is 10.1. The highest BCUT2D eigenvalue weighted by Gasteiger charge is 2.25. The van der Waals surface area contributed by atoms with Gasteiger partial charge in [-0.3, -0.25) is 18.6 Å². The average molecular weight is 662 g/mol. The molecule has 45 heavy (non-hydrogen) atoms. The van der Waals surface area contributed by atoms with E-state index in [1.807, 2.05) is 0 Å². The molecule has 0 aromatic heterocycles. The fraction of sp³-hybridized carbons (Fsp3) is 0.886. The molecule has 0 aromatic carbocycles. The molecule has 0 saturated carbocycles. The van der Waals surface area contributed by atoms with Crippen molar-refractivity contribution < 1.29 is 37.6 Å². The third-order valence-corrected chi connectivity index (χ3v) is 8.64. The Hall–Kier alpha value is -1.25. The second-order valence-electron chi connectivity index (χ2n) is 12.1. The van der Waals surface area contributed by atoms with Gasteiger partial charge in [0.15, 0.2) is 6.10 Å². The number of nitrogens with two attached hydrogens (primary N) is 1. The van der Waals surface area contributed by atoms with E-state index in [1.54, 1.807) is 0 Å². The molecule has 2 atom stereocenters. The number of ether oxygens (including phenoxy) is 2. The van der Waals surface area contributed by atoms with Gasteiger partial charge in [-0.15, -0.1) is 0 Å². The second kappa shape index (κ2) is 32.7. The summed E-state index contributed by atoms with van der Waals surface area (Å²) in [6.07, 6.45) is 29.7. The summed E-state index contributed by atoms with van der Waals surface area (Å²) in [7, 11) is -4.36. The minimum Gasteiger partial charge on any atom is -0.462 e. The van der Waals surface area contributed by atoms with Gasteiger partial charge in [-0.05, 0) is 38.5 Å². The Bertz CT molecular complexity index is 764. The second-order valence-corrected chi connectivity index (χ2v) is 13.5. The molecule has 0 aliphatic carbocycles. The molecule has 10 heteroatoms. The SMILES string of the molecule is CCCCCC/C=C/CCCCCCCCCCCC(=O)O[C@H](COC(=O)CCCCCCCCC)COP(=O)(O)OCCN. The summed E-state index contributed by atoms with van der Waals surface area (Å²) in [5.41, 5.74) is 5.31. The number of carbonyl (C=O) groups is 2. The summed E-state index contributed by atoms with van der Waals surface area (Å²) in [6.45, 7) is 3.66. The highest BCUT2D eigenvalue weighted by Crippen LogP contribution is 2.43. The first-order valence-corrected chi connectivity index (χ1v) is 19.7. The van der Waals surface area contributed by atoms with E-state index >= 15 is 0 Å². The zero-order valence-corrected chi connectivity index (χ0v) is 29.8. The topological polar surface area (TPSA) is 134 Å². The van der Waals surface area contributed by atoms with E-state index in [1.165, 1.54) is 96.3 Å². The highest BCUT2D eigenvalue weighted by molar-refractivity contribution is 7.47. The summed E-state index contributed by atoms with van der Waals surface area (Å²) in [6, 6.07) is 0. The number of rotatable bonds is 34. The zero-order chi connectivity index (χ0) is 33.3. The lowest BCUT2D eigenvalue weighted by molar-refractivity contribution is -0.161. The molecule has 0 fully saturated rings. The lowest BCUT2D eigenvalue weighted by Gasteiger charge is -2.19. The molecule has 0 spiro atoms. The fourth-order valence-electron chi connectivity index (χ4n) is 4.92. The van der Waals surface area contributed by atoms with Crippen molar-refractivity contribution in [1.82, 2.24) is 0 Å². The van der Waals surface area contributed by atoms with E-state index in [4.69, 9.17) is 24.3 Å². The van der Waals surface area contributed by atoms with Crippen molar-refractivity contribution in [2.75, 3.05) is 26.4 Å². The van der Waals surface area contributed by atoms with Crippen LogP contribution in [0.15, 0.2) is 12.2 Å². The van der Waals surface area contributed by atoms with Gasteiger partial charge in [0.1, 0.15) is 6.61 Å². The van der Waals surface area contributed by atoms with Crippen molar-refractivity contribution in [3.05, 3.63) is 12.2 Å².